The van der Waals surface area contributed by atoms with Gasteiger partial charge in [0.2, 0.25) is 0 Å². The molecule has 0 saturated heterocycles. The highest BCUT2D eigenvalue weighted by molar-refractivity contribution is 7.17. The molecular formula is C20H18N2O2S. The van der Waals surface area contributed by atoms with Gasteiger partial charge >= 0.3 is 0 Å². The number of aromatic nitrogens is 1. The van der Waals surface area contributed by atoms with Crippen LogP contribution in [0.25, 0.3) is 32.1 Å². The number of aromatic hydroxyl groups is 1. The number of nitrogens with one attached hydrogen (secondary N) is 1. The first kappa shape index (κ1) is 15.9. The Kier molecular flexibility index (Phi) is 3.82. The van der Waals surface area contributed by atoms with E-state index in [4.69, 9.17) is 5.73 Å². The highest BCUT2D eigenvalue weighted by atomic mass is 32.1. The predicted molar refractivity (Wildman–Crippen MR) is 105 cm³/mol. The van der Waals surface area contributed by atoms with Crippen molar-refractivity contribution >= 4 is 32.3 Å². The smallest absolute Gasteiger partial charge is 0.266 e. The maximum Gasteiger partial charge on any atom is 0.266 e. The Morgan fingerprint density at radius 3 is 2.64 bits per heavy atom. The SMILES string of the molecule is CC(CN)c1ccc(-c2c(O)ccc3[nH]c(=O)c4sccc4c23)cc1. The number of aromatic amines is 1. The van der Waals surface area contributed by atoms with Crippen LogP contribution in [0.15, 0.2) is 52.6 Å². The fraction of sp³-hybridized carbons (Fsp3) is 0.150. The molecule has 2 aromatic heterocycles. The third kappa shape index (κ3) is 2.52. The number of hydrogen-bond donors (Lipinski definition) is 3. The molecule has 2 heterocycles. The second-order valence-corrected chi connectivity index (χ2v) is 7.17. The van der Waals surface area contributed by atoms with Crippen LogP contribution < -0.4 is 11.3 Å². The average molecular weight is 350 g/mol. The van der Waals surface area contributed by atoms with Gasteiger partial charge in [0.05, 0.1) is 0 Å². The molecule has 5 heteroatoms. The van der Waals surface area contributed by atoms with Crippen molar-refractivity contribution in [3.63, 3.8) is 0 Å². The number of rotatable bonds is 3. The van der Waals surface area contributed by atoms with Crippen LogP contribution in [0.4, 0.5) is 0 Å². The van der Waals surface area contributed by atoms with E-state index in [2.05, 4.69) is 11.9 Å². The minimum atomic E-state index is -0.0961. The number of phenolic OH excluding ortho intramolecular Hbond substituents is 1. The molecule has 0 radical (unpaired) electrons. The molecule has 4 aromatic rings. The molecular weight excluding hydrogens is 332 g/mol. The number of fused-ring (bicyclic) bond motifs is 3. The van der Waals surface area contributed by atoms with Crippen LogP contribution in [0.2, 0.25) is 0 Å². The van der Waals surface area contributed by atoms with Gasteiger partial charge in [-0.25, -0.2) is 0 Å². The summed E-state index contributed by atoms with van der Waals surface area (Å²) in [6.45, 7) is 2.68. The van der Waals surface area contributed by atoms with E-state index < -0.39 is 0 Å². The highest BCUT2D eigenvalue weighted by Crippen LogP contribution is 2.39. The summed E-state index contributed by atoms with van der Waals surface area (Å²) in [4.78, 5) is 15.1. The Hall–Kier alpha value is -2.63. The molecule has 0 bridgehead atoms. The van der Waals surface area contributed by atoms with Crippen molar-refractivity contribution < 1.29 is 5.11 Å². The molecule has 0 spiro atoms. The average Bonchev–Trinajstić information content (AvgIpc) is 3.12. The standard InChI is InChI=1S/C20H18N2O2S/c1-11(10-21)12-2-4-13(5-3-12)17-16(23)7-6-15-18(17)14-8-9-25-19(14)20(24)22-15/h2-9,11,23H,10,21H2,1H3,(H,22,24). The molecule has 4 N–H and O–H groups in total. The Balaban J connectivity index is 2.02. The zero-order chi connectivity index (χ0) is 17.6. The van der Waals surface area contributed by atoms with E-state index in [0.29, 0.717) is 11.2 Å². The van der Waals surface area contributed by atoms with Crippen molar-refractivity contribution in [2.75, 3.05) is 6.54 Å². The van der Waals surface area contributed by atoms with Crippen LogP contribution in [-0.4, -0.2) is 16.6 Å². The molecule has 4 rings (SSSR count). The molecule has 1 atom stereocenters. The molecule has 0 saturated carbocycles. The van der Waals surface area contributed by atoms with Gasteiger partial charge in [-0.05, 0) is 47.2 Å². The second kappa shape index (κ2) is 6.02. The Bertz CT molecular complexity index is 1130. The third-order valence-corrected chi connectivity index (χ3v) is 5.61. The molecule has 4 nitrogen and oxygen atoms in total. The van der Waals surface area contributed by atoms with E-state index in [1.807, 2.05) is 35.7 Å². The molecule has 0 fully saturated rings. The van der Waals surface area contributed by atoms with E-state index in [1.165, 1.54) is 16.9 Å². The van der Waals surface area contributed by atoms with Crippen molar-refractivity contribution in [3.8, 4) is 16.9 Å². The number of thiophene rings is 1. The van der Waals surface area contributed by atoms with Gasteiger partial charge in [-0.15, -0.1) is 11.3 Å². The van der Waals surface area contributed by atoms with Gasteiger partial charge in [0.15, 0.2) is 0 Å². The number of hydrogen-bond acceptors (Lipinski definition) is 4. The molecule has 0 amide bonds. The van der Waals surface area contributed by atoms with Crippen LogP contribution in [0.1, 0.15) is 18.4 Å². The summed E-state index contributed by atoms with van der Waals surface area (Å²) in [6, 6.07) is 13.4. The fourth-order valence-electron chi connectivity index (χ4n) is 3.24. The van der Waals surface area contributed by atoms with Crippen LogP contribution in [0, 0.1) is 0 Å². The van der Waals surface area contributed by atoms with Gasteiger partial charge in [-0.2, -0.15) is 0 Å². The van der Waals surface area contributed by atoms with Gasteiger partial charge in [-0.3, -0.25) is 4.79 Å². The maximum atomic E-state index is 12.2. The van der Waals surface area contributed by atoms with E-state index in [-0.39, 0.29) is 17.2 Å². The molecule has 0 aliphatic carbocycles. The summed E-state index contributed by atoms with van der Waals surface area (Å²) in [6.07, 6.45) is 0. The number of nitrogens with two attached hydrogens (primary N) is 1. The summed E-state index contributed by atoms with van der Waals surface area (Å²) in [7, 11) is 0. The van der Waals surface area contributed by atoms with E-state index in [9.17, 15) is 9.90 Å². The largest absolute Gasteiger partial charge is 0.507 e. The molecule has 126 valence electrons. The third-order valence-electron chi connectivity index (χ3n) is 4.69. The van der Waals surface area contributed by atoms with Crippen molar-refractivity contribution in [1.82, 2.24) is 4.98 Å². The van der Waals surface area contributed by atoms with E-state index in [0.717, 1.165) is 27.4 Å². The zero-order valence-corrected chi connectivity index (χ0v) is 14.6. The fourth-order valence-corrected chi connectivity index (χ4v) is 4.04. The van der Waals surface area contributed by atoms with Crippen molar-refractivity contribution in [2.24, 2.45) is 5.73 Å². The van der Waals surface area contributed by atoms with Gasteiger partial charge in [0, 0.05) is 21.9 Å². The molecule has 1 unspecified atom stereocenters. The molecule has 0 aliphatic heterocycles. The number of phenols is 1. The van der Waals surface area contributed by atoms with Gasteiger partial charge in [0.1, 0.15) is 10.4 Å². The van der Waals surface area contributed by atoms with Gasteiger partial charge < -0.3 is 15.8 Å². The summed E-state index contributed by atoms with van der Waals surface area (Å²) in [5.74, 6) is 0.488. The topological polar surface area (TPSA) is 79.1 Å². The lowest BCUT2D eigenvalue weighted by Crippen LogP contribution is -2.08. The van der Waals surface area contributed by atoms with E-state index >= 15 is 0 Å². The number of H-pyrrole nitrogens is 1. The van der Waals surface area contributed by atoms with Crippen molar-refractivity contribution in [3.05, 3.63) is 63.8 Å². The maximum absolute atomic E-state index is 12.2. The first-order valence-corrected chi connectivity index (χ1v) is 9.03. The van der Waals surface area contributed by atoms with Crippen LogP contribution in [0.5, 0.6) is 5.75 Å². The molecule has 0 aliphatic rings. The lowest BCUT2D eigenvalue weighted by molar-refractivity contribution is 0.478. The first-order chi connectivity index (χ1) is 12.1. The van der Waals surface area contributed by atoms with Crippen molar-refractivity contribution in [1.29, 1.82) is 0 Å². The summed E-state index contributed by atoms with van der Waals surface area (Å²) in [5.41, 5.74) is 9.19. The van der Waals surface area contributed by atoms with Crippen molar-refractivity contribution in [2.45, 2.75) is 12.8 Å². The highest BCUT2D eigenvalue weighted by Gasteiger charge is 2.15. The van der Waals surface area contributed by atoms with Crippen LogP contribution >= 0.6 is 11.3 Å². The normalized spacial score (nSPS) is 12.7. The Morgan fingerprint density at radius 1 is 1.16 bits per heavy atom. The van der Waals surface area contributed by atoms with Gasteiger partial charge in [-0.1, -0.05) is 31.2 Å². The summed E-state index contributed by atoms with van der Waals surface area (Å²) >= 11 is 1.41. The van der Waals surface area contributed by atoms with Crippen LogP contribution in [-0.2, 0) is 0 Å². The zero-order valence-electron chi connectivity index (χ0n) is 13.7. The molecule has 25 heavy (non-hydrogen) atoms. The Morgan fingerprint density at radius 2 is 1.92 bits per heavy atom. The van der Waals surface area contributed by atoms with Gasteiger partial charge in [0.25, 0.3) is 5.56 Å². The quantitative estimate of drug-likeness (QED) is 0.519. The predicted octanol–water partition coefficient (Wildman–Crippen LogP) is 4.18. The first-order valence-electron chi connectivity index (χ1n) is 8.15. The lowest BCUT2D eigenvalue weighted by atomic mass is 9.94. The minimum Gasteiger partial charge on any atom is -0.507 e. The minimum absolute atomic E-state index is 0.0961. The summed E-state index contributed by atoms with van der Waals surface area (Å²) < 4.78 is 0.674. The second-order valence-electron chi connectivity index (χ2n) is 6.26. The monoisotopic (exact) mass is 350 g/mol. The van der Waals surface area contributed by atoms with E-state index in [1.54, 1.807) is 12.1 Å². The Labute approximate surface area is 148 Å². The number of pyridine rings is 1. The van der Waals surface area contributed by atoms with Crippen LogP contribution in [0.3, 0.4) is 0 Å². The number of benzene rings is 2. The molecule has 2 aromatic carbocycles. The lowest BCUT2D eigenvalue weighted by Gasteiger charge is -2.13. The summed E-state index contributed by atoms with van der Waals surface area (Å²) in [5, 5.41) is 14.2.